The molecule has 3 heteroatoms. The van der Waals surface area contributed by atoms with Crippen LogP contribution in [0.4, 0.5) is 0 Å². The zero-order chi connectivity index (χ0) is 12.2. The minimum atomic E-state index is -0.268. The highest BCUT2D eigenvalue weighted by atomic mass is 16.6. The second-order valence-corrected chi connectivity index (χ2v) is 5.34. The normalized spacial score (nSPS) is 39.6. The number of ether oxygens (including phenoxy) is 1. The highest BCUT2D eigenvalue weighted by Crippen LogP contribution is 2.56. The van der Waals surface area contributed by atoms with E-state index in [1.807, 2.05) is 0 Å². The van der Waals surface area contributed by atoms with Crippen LogP contribution in [0, 0.1) is 23.7 Å². The molecule has 0 spiro atoms. The first-order chi connectivity index (χ1) is 8.19. The third-order valence-electron chi connectivity index (χ3n) is 4.86. The first-order valence-electron chi connectivity index (χ1n) is 6.66. The van der Waals surface area contributed by atoms with E-state index in [1.54, 1.807) is 0 Å². The van der Waals surface area contributed by atoms with Crippen LogP contribution < -0.4 is 0 Å². The molecule has 2 fully saturated rings. The molecule has 3 nitrogen and oxygen atoms in total. The lowest BCUT2D eigenvalue weighted by Gasteiger charge is -2.45. The van der Waals surface area contributed by atoms with Gasteiger partial charge in [0, 0.05) is 0 Å². The van der Waals surface area contributed by atoms with Gasteiger partial charge in [0.05, 0.1) is 11.8 Å². The number of fused-ring (bicyclic) bond motifs is 1. The van der Waals surface area contributed by atoms with Crippen molar-refractivity contribution < 1.29 is 14.3 Å². The predicted molar refractivity (Wildman–Crippen MR) is 61.9 cm³/mol. The number of rotatable bonds is 2. The molecule has 1 saturated carbocycles. The molecule has 92 valence electrons. The topological polar surface area (TPSA) is 43.4 Å². The van der Waals surface area contributed by atoms with Crippen LogP contribution in [0.2, 0.25) is 0 Å². The Morgan fingerprint density at radius 3 is 1.71 bits per heavy atom. The summed E-state index contributed by atoms with van der Waals surface area (Å²) in [4.78, 5) is 23.6. The summed E-state index contributed by atoms with van der Waals surface area (Å²) >= 11 is 0. The number of esters is 2. The van der Waals surface area contributed by atoms with Crippen LogP contribution >= 0.6 is 0 Å². The number of allylic oxidation sites excluding steroid dienone is 2. The first-order valence-corrected chi connectivity index (χ1v) is 6.66. The summed E-state index contributed by atoms with van der Waals surface area (Å²) in [7, 11) is 0. The molecule has 1 heterocycles. The van der Waals surface area contributed by atoms with E-state index in [9.17, 15) is 9.59 Å². The molecule has 2 bridgehead atoms. The van der Waals surface area contributed by atoms with Crippen molar-refractivity contribution in [1.82, 2.24) is 0 Å². The molecule has 0 aromatic heterocycles. The molecule has 4 unspecified atom stereocenters. The van der Waals surface area contributed by atoms with Gasteiger partial charge in [0.25, 0.3) is 0 Å². The summed E-state index contributed by atoms with van der Waals surface area (Å²) in [5, 5.41) is 0. The lowest BCUT2D eigenvalue weighted by molar-refractivity contribution is -0.154. The molecule has 3 aliphatic carbocycles. The first kappa shape index (κ1) is 11.0. The second kappa shape index (κ2) is 3.69. The molecule has 4 atom stereocenters. The Balaban J connectivity index is 2.10. The van der Waals surface area contributed by atoms with E-state index in [1.165, 1.54) is 11.1 Å². The molecular weight excluding hydrogens is 216 g/mol. The van der Waals surface area contributed by atoms with Gasteiger partial charge in [0.2, 0.25) is 0 Å². The Morgan fingerprint density at radius 2 is 1.35 bits per heavy atom. The summed E-state index contributed by atoms with van der Waals surface area (Å²) < 4.78 is 4.87. The maximum atomic E-state index is 11.8. The van der Waals surface area contributed by atoms with E-state index in [0.717, 1.165) is 25.7 Å². The van der Waals surface area contributed by atoms with E-state index in [0.29, 0.717) is 0 Å². The van der Waals surface area contributed by atoms with E-state index >= 15 is 0 Å². The summed E-state index contributed by atoms with van der Waals surface area (Å²) in [5.74, 6) is -0.294. The lowest BCUT2D eigenvalue weighted by atomic mass is 9.56. The van der Waals surface area contributed by atoms with Crippen molar-refractivity contribution in [3.63, 3.8) is 0 Å². The van der Waals surface area contributed by atoms with Crippen LogP contribution in [-0.2, 0) is 14.3 Å². The summed E-state index contributed by atoms with van der Waals surface area (Å²) in [5.41, 5.74) is 2.88. The molecule has 4 aliphatic rings. The maximum absolute atomic E-state index is 11.8. The average Bonchev–Trinajstić information content (AvgIpc) is 2.66. The summed E-state index contributed by atoms with van der Waals surface area (Å²) in [6.45, 7) is 4.31. The van der Waals surface area contributed by atoms with Crippen LogP contribution in [0.3, 0.4) is 0 Å². The van der Waals surface area contributed by atoms with Crippen molar-refractivity contribution in [1.29, 1.82) is 0 Å². The van der Waals surface area contributed by atoms with E-state index in [-0.39, 0.29) is 35.6 Å². The van der Waals surface area contributed by atoms with Crippen LogP contribution in [-0.4, -0.2) is 11.9 Å². The molecule has 1 aliphatic heterocycles. The van der Waals surface area contributed by atoms with Gasteiger partial charge in [0.1, 0.15) is 0 Å². The number of carbonyl (C=O) groups excluding carboxylic acids is 2. The molecule has 1 saturated heterocycles. The van der Waals surface area contributed by atoms with Crippen molar-refractivity contribution in [2.45, 2.75) is 39.5 Å². The quantitative estimate of drug-likeness (QED) is 0.419. The van der Waals surface area contributed by atoms with Crippen molar-refractivity contribution in [2.24, 2.45) is 23.7 Å². The molecule has 0 amide bonds. The van der Waals surface area contributed by atoms with Crippen LogP contribution in [0.1, 0.15) is 39.5 Å². The molecule has 0 aromatic carbocycles. The molecular formula is C14H18O3. The predicted octanol–water partition coefficient (Wildman–Crippen LogP) is 2.46. The molecule has 17 heavy (non-hydrogen) atoms. The Labute approximate surface area is 101 Å². The van der Waals surface area contributed by atoms with Gasteiger partial charge in [-0.2, -0.15) is 0 Å². The van der Waals surface area contributed by atoms with Gasteiger partial charge in [-0.15, -0.1) is 0 Å². The van der Waals surface area contributed by atoms with Crippen LogP contribution in [0.5, 0.6) is 0 Å². The zero-order valence-electron chi connectivity index (χ0n) is 10.4. The SMILES string of the molecule is CCC1=C(CC)C2CCC1C1C(=O)OC(=O)C21. The highest BCUT2D eigenvalue weighted by molar-refractivity contribution is 5.97. The van der Waals surface area contributed by atoms with E-state index in [2.05, 4.69) is 13.8 Å². The van der Waals surface area contributed by atoms with Crippen molar-refractivity contribution in [3.8, 4) is 0 Å². The largest absolute Gasteiger partial charge is 0.393 e. The number of hydrogen-bond acceptors (Lipinski definition) is 3. The molecule has 0 N–H and O–H groups in total. The molecule has 4 rings (SSSR count). The maximum Gasteiger partial charge on any atom is 0.318 e. The minimum Gasteiger partial charge on any atom is -0.393 e. The van der Waals surface area contributed by atoms with Crippen LogP contribution in [0.25, 0.3) is 0 Å². The van der Waals surface area contributed by atoms with Crippen molar-refractivity contribution >= 4 is 11.9 Å². The van der Waals surface area contributed by atoms with Gasteiger partial charge in [-0.05, 0) is 37.5 Å². The minimum absolute atomic E-state index is 0.161. The Kier molecular flexibility index (Phi) is 2.39. The Bertz CT molecular complexity index is 383. The third kappa shape index (κ3) is 1.28. The monoisotopic (exact) mass is 234 g/mol. The number of hydrogen-bond donors (Lipinski definition) is 0. The summed E-state index contributed by atoms with van der Waals surface area (Å²) in [6.07, 6.45) is 4.13. The van der Waals surface area contributed by atoms with Gasteiger partial charge in [-0.25, -0.2) is 0 Å². The number of carbonyl (C=O) groups is 2. The number of cyclic esters (lactones) is 2. The Morgan fingerprint density at radius 1 is 0.941 bits per heavy atom. The van der Waals surface area contributed by atoms with Gasteiger partial charge in [-0.3, -0.25) is 9.59 Å². The van der Waals surface area contributed by atoms with E-state index in [4.69, 9.17) is 4.74 Å². The fourth-order valence-corrected chi connectivity index (χ4v) is 4.31. The fourth-order valence-electron chi connectivity index (χ4n) is 4.31. The average molecular weight is 234 g/mol. The third-order valence-corrected chi connectivity index (χ3v) is 4.86. The van der Waals surface area contributed by atoms with E-state index < -0.39 is 0 Å². The fraction of sp³-hybridized carbons (Fsp3) is 0.714. The zero-order valence-corrected chi connectivity index (χ0v) is 10.4. The molecule has 0 radical (unpaired) electrons. The highest BCUT2D eigenvalue weighted by Gasteiger charge is 2.58. The lowest BCUT2D eigenvalue weighted by Crippen LogP contribution is -2.43. The van der Waals surface area contributed by atoms with Gasteiger partial charge in [-0.1, -0.05) is 25.0 Å². The van der Waals surface area contributed by atoms with Crippen molar-refractivity contribution in [3.05, 3.63) is 11.1 Å². The second-order valence-electron chi connectivity index (χ2n) is 5.34. The smallest absolute Gasteiger partial charge is 0.318 e. The van der Waals surface area contributed by atoms with Gasteiger partial charge in [0.15, 0.2) is 0 Å². The molecule has 0 aromatic rings. The standard InChI is InChI=1S/C14H18O3/c1-3-7-8(4-2)10-6-5-9(7)11-12(10)14(16)17-13(11)15/h9-12H,3-6H2,1-2H3. The van der Waals surface area contributed by atoms with Crippen LogP contribution in [0.15, 0.2) is 11.1 Å². The van der Waals surface area contributed by atoms with Gasteiger partial charge < -0.3 is 4.74 Å². The van der Waals surface area contributed by atoms with Crippen molar-refractivity contribution in [2.75, 3.05) is 0 Å². The Hall–Kier alpha value is -1.12. The summed E-state index contributed by atoms with van der Waals surface area (Å²) in [6, 6.07) is 0. The van der Waals surface area contributed by atoms with Gasteiger partial charge >= 0.3 is 11.9 Å².